The van der Waals surface area contributed by atoms with Gasteiger partial charge in [-0.15, -0.1) is 0 Å². The van der Waals surface area contributed by atoms with Crippen LogP contribution in [0.15, 0.2) is 18.2 Å². The van der Waals surface area contributed by atoms with Gasteiger partial charge >= 0.3 is 0 Å². The molecule has 0 spiro atoms. The van der Waals surface area contributed by atoms with E-state index < -0.39 is 6.10 Å². The summed E-state index contributed by atoms with van der Waals surface area (Å²) in [6.07, 6.45) is 2.11. The van der Waals surface area contributed by atoms with E-state index in [1.165, 1.54) is 0 Å². The van der Waals surface area contributed by atoms with Crippen LogP contribution in [0.5, 0.6) is 5.75 Å². The highest BCUT2D eigenvalue weighted by molar-refractivity contribution is 6.30. The van der Waals surface area contributed by atoms with Crippen LogP contribution >= 0.6 is 11.6 Å². The van der Waals surface area contributed by atoms with Crippen LogP contribution in [0.3, 0.4) is 0 Å². The molecule has 0 bridgehead atoms. The monoisotopic (exact) mass is 381 g/mol. The number of carbonyl (C=O) groups excluding carboxylic acids is 2. The van der Waals surface area contributed by atoms with Gasteiger partial charge in [-0.2, -0.15) is 0 Å². The van der Waals surface area contributed by atoms with Gasteiger partial charge in [-0.25, -0.2) is 0 Å². The van der Waals surface area contributed by atoms with E-state index in [0.717, 1.165) is 44.5 Å². The van der Waals surface area contributed by atoms with E-state index in [1.807, 2.05) is 6.92 Å². The second kappa shape index (κ2) is 9.78. The number of nitrogens with two attached hydrogens (primary N) is 1. The summed E-state index contributed by atoms with van der Waals surface area (Å²) in [7, 11) is 0. The molecule has 2 rings (SSSR count). The summed E-state index contributed by atoms with van der Waals surface area (Å²) in [5.74, 6) is 0.247. The number of hydrogen-bond acceptors (Lipinski definition) is 4. The molecule has 1 fully saturated rings. The minimum Gasteiger partial charge on any atom is -0.481 e. The Morgan fingerprint density at radius 3 is 2.92 bits per heavy atom. The minimum absolute atomic E-state index is 0.0469. The predicted octanol–water partition coefficient (Wildman–Crippen LogP) is 2.12. The maximum Gasteiger partial charge on any atom is 0.260 e. The first-order valence-electron chi connectivity index (χ1n) is 9.09. The number of hydrogen-bond donors (Lipinski definition) is 2. The zero-order valence-corrected chi connectivity index (χ0v) is 16.2. The summed E-state index contributed by atoms with van der Waals surface area (Å²) in [6.45, 7) is 6.74. The number of halogens is 1. The number of likely N-dealkylation sites (tertiary alicyclic amines) is 1. The van der Waals surface area contributed by atoms with Gasteiger partial charge in [-0.1, -0.05) is 11.6 Å². The van der Waals surface area contributed by atoms with Crippen LogP contribution in [0.25, 0.3) is 0 Å². The Kier molecular flexibility index (Phi) is 7.72. The van der Waals surface area contributed by atoms with Crippen LogP contribution in [-0.4, -0.2) is 49.0 Å². The van der Waals surface area contributed by atoms with Crippen molar-refractivity contribution < 1.29 is 14.3 Å². The van der Waals surface area contributed by atoms with Crippen molar-refractivity contribution in [2.45, 2.75) is 39.2 Å². The Morgan fingerprint density at radius 1 is 1.46 bits per heavy atom. The third kappa shape index (κ3) is 6.18. The van der Waals surface area contributed by atoms with Gasteiger partial charge in [0.05, 0.1) is 5.92 Å². The zero-order chi connectivity index (χ0) is 19.1. The molecule has 2 atom stereocenters. The van der Waals surface area contributed by atoms with E-state index in [9.17, 15) is 9.59 Å². The van der Waals surface area contributed by atoms with Crippen molar-refractivity contribution in [1.29, 1.82) is 0 Å². The standard InChI is InChI=1S/C19H28ClN3O3/c1-13-11-16(20)6-7-17(13)26-14(2)19(25)22-8-4-10-23-9-3-5-15(12-23)18(21)24/h6-7,11,14-15H,3-5,8-10,12H2,1-2H3,(H2,21,24)(H,22,25). The van der Waals surface area contributed by atoms with Gasteiger partial charge < -0.3 is 20.7 Å². The second-order valence-electron chi connectivity index (χ2n) is 6.86. The molecule has 6 nitrogen and oxygen atoms in total. The van der Waals surface area contributed by atoms with E-state index in [0.29, 0.717) is 17.3 Å². The smallest absolute Gasteiger partial charge is 0.260 e. The molecule has 1 heterocycles. The maximum absolute atomic E-state index is 12.2. The van der Waals surface area contributed by atoms with Gasteiger partial charge in [0.15, 0.2) is 6.10 Å². The van der Waals surface area contributed by atoms with Crippen molar-refractivity contribution in [3.63, 3.8) is 0 Å². The van der Waals surface area contributed by atoms with Crippen molar-refractivity contribution >= 4 is 23.4 Å². The molecular weight excluding hydrogens is 354 g/mol. The zero-order valence-electron chi connectivity index (χ0n) is 15.5. The first kappa shape index (κ1) is 20.5. The third-order valence-electron chi connectivity index (χ3n) is 4.67. The predicted molar refractivity (Wildman–Crippen MR) is 102 cm³/mol. The first-order valence-corrected chi connectivity index (χ1v) is 9.47. The maximum atomic E-state index is 12.2. The van der Waals surface area contributed by atoms with Crippen molar-refractivity contribution in [2.24, 2.45) is 11.7 Å². The molecule has 0 aliphatic carbocycles. The molecule has 1 aromatic carbocycles. The molecule has 26 heavy (non-hydrogen) atoms. The fraction of sp³-hybridized carbons (Fsp3) is 0.579. The van der Waals surface area contributed by atoms with E-state index in [-0.39, 0.29) is 17.7 Å². The van der Waals surface area contributed by atoms with Gasteiger partial charge in [-0.05, 0) is 70.0 Å². The number of nitrogens with zero attached hydrogens (tertiary/aromatic N) is 1. The lowest BCUT2D eigenvalue weighted by Crippen LogP contribution is -2.42. The molecule has 7 heteroatoms. The fourth-order valence-corrected chi connectivity index (χ4v) is 3.36. The van der Waals surface area contributed by atoms with Crippen LogP contribution in [0.4, 0.5) is 0 Å². The number of rotatable bonds is 8. The number of ether oxygens (including phenoxy) is 1. The van der Waals surface area contributed by atoms with E-state index >= 15 is 0 Å². The number of piperidine rings is 1. The highest BCUT2D eigenvalue weighted by Gasteiger charge is 2.23. The lowest BCUT2D eigenvalue weighted by atomic mass is 9.97. The van der Waals surface area contributed by atoms with Gasteiger partial charge in [-0.3, -0.25) is 9.59 Å². The van der Waals surface area contributed by atoms with Crippen molar-refractivity contribution in [3.05, 3.63) is 28.8 Å². The minimum atomic E-state index is -0.580. The molecule has 1 aromatic rings. The Morgan fingerprint density at radius 2 is 2.23 bits per heavy atom. The third-order valence-corrected chi connectivity index (χ3v) is 4.90. The Balaban J connectivity index is 1.68. The number of amides is 2. The van der Waals surface area contributed by atoms with Gasteiger partial charge in [0.25, 0.3) is 5.91 Å². The summed E-state index contributed by atoms with van der Waals surface area (Å²) in [5.41, 5.74) is 6.29. The molecule has 0 saturated carbocycles. The van der Waals surface area contributed by atoms with Crippen molar-refractivity contribution in [2.75, 3.05) is 26.2 Å². The SMILES string of the molecule is Cc1cc(Cl)ccc1OC(C)C(=O)NCCCN1CCCC(C(N)=O)C1. The molecule has 2 amide bonds. The van der Waals surface area contributed by atoms with Crippen LogP contribution < -0.4 is 15.8 Å². The topological polar surface area (TPSA) is 84.7 Å². The molecule has 0 radical (unpaired) electrons. The lowest BCUT2D eigenvalue weighted by molar-refractivity contribution is -0.127. The van der Waals surface area contributed by atoms with Crippen LogP contribution in [0, 0.1) is 12.8 Å². The quantitative estimate of drug-likeness (QED) is 0.675. The molecule has 144 valence electrons. The highest BCUT2D eigenvalue weighted by Crippen LogP contribution is 2.22. The Labute approximate surface area is 160 Å². The Bertz CT molecular complexity index is 638. The Hall–Kier alpha value is -1.79. The summed E-state index contributed by atoms with van der Waals surface area (Å²) >= 11 is 5.93. The normalized spacial score (nSPS) is 19.0. The summed E-state index contributed by atoms with van der Waals surface area (Å²) in [5, 5.41) is 3.54. The molecule has 3 N–H and O–H groups in total. The number of carbonyl (C=O) groups is 2. The number of nitrogens with one attached hydrogen (secondary N) is 1. The molecule has 1 aliphatic rings. The average molecular weight is 382 g/mol. The van der Waals surface area contributed by atoms with E-state index in [4.69, 9.17) is 22.1 Å². The van der Waals surface area contributed by atoms with E-state index in [2.05, 4.69) is 10.2 Å². The van der Waals surface area contributed by atoms with Crippen LogP contribution in [0.2, 0.25) is 5.02 Å². The summed E-state index contributed by atoms with van der Waals surface area (Å²) in [6, 6.07) is 5.32. The summed E-state index contributed by atoms with van der Waals surface area (Å²) in [4.78, 5) is 25.7. The molecule has 2 unspecified atom stereocenters. The number of primary amides is 1. The number of aryl methyl sites for hydroxylation is 1. The molecule has 1 saturated heterocycles. The molecule has 1 aliphatic heterocycles. The average Bonchev–Trinajstić information content (AvgIpc) is 2.61. The molecule has 0 aromatic heterocycles. The van der Waals surface area contributed by atoms with Crippen LogP contribution in [0.1, 0.15) is 31.7 Å². The summed E-state index contributed by atoms with van der Waals surface area (Å²) < 4.78 is 5.72. The second-order valence-corrected chi connectivity index (χ2v) is 7.29. The largest absolute Gasteiger partial charge is 0.481 e. The lowest BCUT2D eigenvalue weighted by Gasteiger charge is -2.31. The van der Waals surface area contributed by atoms with Crippen molar-refractivity contribution in [1.82, 2.24) is 10.2 Å². The molecular formula is C19H28ClN3O3. The van der Waals surface area contributed by atoms with Gasteiger partial charge in [0, 0.05) is 18.1 Å². The van der Waals surface area contributed by atoms with Gasteiger partial charge in [0.2, 0.25) is 5.91 Å². The first-order chi connectivity index (χ1) is 12.4. The van der Waals surface area contributed by atoms with Gasteiger partial charge in [0.1, 0.15) is 5.75 Å². The van der Waals surface area contributed by atoms with Crippen molar-refractivity contribution in [3.8, 4) is 5.75 Å². The highest BCUT2D eigenvalue weighted by atomic mass is 35.5. The fourth-order valence-electron chi connectivity index (χ4n) is 3.14. The van der Waals surface area contributed by atoms with E-state index in [1.54, 1.807) is 25.1 Å². The number of benzene rings is 1. The van der Waals surface area contributed by atoms with Crippen LogP contribution in [-0.2, 0) is 9.59 Å².